The van der Waals surface area contributed by atoms with Crippen molar-refractivity contribution in [3.63, 3.8) is 0 Å². The Morgan fingerprint density at radius 1 is 1.48 bits per heavy atom. The molecule has 0 radical (unpaired) electrons. The Morgan fingerprint density at radius 2 is 2.26 bits per heavy atom. The van der Waals surface area contributed by atoms with E-state index in [-0.39, 0.29) is 5.91 Å². The van der Waals surface area contributed by atoms with Gasteiger partial charge in [-0.1, -0.05) is 20.3 Å². The lowest BCUT2D eigenvalue weighted by Gasteiger charge is -2.37. The highest BCUT2D eigenvalue weighted by Gasteiger charge is 2.42. The Labute approximate surface area is 138 Å². The Hall–Kier alpha value is -1.62. The van der Waals surface area contributed by atoms with Crippen LogP contribution in [0.3, 0.4) is 0 Å². The van der Waals surface area contributed by atoms with Crippen molar-refractivity contribution in [2.45, 2.75) is 58.5 Å². The summed E-state index contributed by atoms with van der Waals surface area (Å²) in [7, 11) is 1.63. The van der Waals surface area contributed by atoms with E-state index in [1.807, 2.05) is 13.0 Å². The van der Waals surface area contributed by atoms with Crippen molar-refractivity contribution in [2.75, 3.05) is 19.0 Å². The highest BCUT2D eigenvalue weighted by molar-refractivity contribution is 5.97. The van der Waals surface area contributed by atoms with Crippen LogP contribution in [0.15, 0.2) is 12.1 Å². The second-order valence-corrected chi connectivity index (χ2v) is 6.48. The number of rotatable bonds is 6. The molecule has 1 heterocycles. The van der Waals surface area contributed by atoms with Crippen LogP contribution in [-0.4, -0.2) is 30.2 Å². The van der Waals surface area contributed by atoms with Gasteiger partial charge in [-0.05, 0) is 44.6 Å². The molecule has 1 saturated carbocycles. The lowest BCUT2D eigenvalue weighted by Crippen LogP contribution is -2.48. The molecule has 5 heteroatoms. The zero-order valence-corrected chi connectivity index (χ0v) is 14.6. The minimum atomic E-state index is -0.721. The lowest BCUT2D eigenvalue weighted by atomic mass is 9.78. The van der Waals surface area contributed by atoms with Gasteiger partial charge in [0.05, 0.1) is 18.0 Å². The molecule has 1 aromatic heterocycles. The molecule has 128 valence electrons. The summed E-state index contributed by atoms with van der Waals surface area (Å²) in [5.74, 6) is 1.02. The van der Waals surface area contributed by atoms with Gasteiger partial charge in [-0.15, -0.1) is 0 Å². The fraction of sp³-hybridized carbons (Fsp3) is 0.667. The number of hydrogen-bond donors (Lipinski definition) is 1. The first-order valence-electron chi connectivity index (χ1n) is 8.48. The number of pyridine rings is 1. The van der Waals surface area contributed by atoms with Crippen LogP contribution >= 0.6 is 0 Å². The maximum atomic E-state index is 12.8. The average Bonchev–Trinajstić information content (AvgIpc) is 2.54. The third kappa shape index (κ3) is 4.22. The molecule has 0 aromatic carbocycles. The van der Waals surface area contributed by atoms with Crippen LogP contribution in [0, 0.1) is 12.8 Å². The van der Waals surface area contributed by atoms with Gasteiger partial charge in [0.2, 0.25) is 5.88 Å². The van der Waals surface area contributed by atoms with Crippen molar-refractivity contribution < 1.29 is 14.3 Å². The normalized spacial score (nSPS) is 24.3. The number of anilines is 1. The molecule has 2 rings (SSSR count). The number of amides is 1. The second kappa shape index (κ2) is 7.77. The number of carbonyl (C=O) groups excluding carboxylic acids is 1. The Kier molecular flexibility index (Phi) is 5.99. The molecule has 1 amide bonds. The van der Waals surface area contributed by atoms with Gasteiger partial charge in [0.15, 0.2) is 0 Å². The minimum absolute atomic E-state index is 0.0707. The fourth-order valence-electron chi connectivity index (χ4n) is 3.18. The summed E-state index contributed by atoms with van der Waals surface area (Å²) >= 11 is 0. The first-order valence-corrected chi connectivity index (χ1v) is 8.48. The van der Waals surface area contributed by atoms with Crippen LogP contribution < -0.4 is 10.1 Å². The van der Waals surface area contributed by atoms with Gasteiger partial charge in [0.25, 0.3) is 5.91 Å². The number of aryl methyl sites for hydroxylation is 1. The van der Waals surface area contributed by atoms with Crippen LogP contribution in [-0.2, 0) is 9.53 Å². The molecular formula is C18H28N2O3. The van der Waals surface area contributed by atoms with E-state index in [2.05, 4.69) is 24.1 Å². The third-order valence-electron chi connectivity index (χ3n) is 4.52. The highest BCUT2D eigenvalue weighted by Crippen LogP contribution is 2.36. The predicted molar refractivity (Wildman–Crippen MR) is 90.8 cm³/mol. The fourth-order valence-corrected chi connectivity index (χ4v) is 3.18. The molecule has 0 saturated heterocycles. The van der Waals surface area contributed by atoms with Crippen molar-refractivity contribution in [3.8, 4) is 5.88 Å². The maximum absolute atomic E-state index is 12.8. The van der Waals surface area contributed by atoms with Gasteiger partial charge in [-0.3, -0.25) is 4.79 Å². The first kappa shape index (κ1) is 17.7. The third-order valence-corrected chi connectivity index (χ3v) is 4.52. The number of hydrogen-bond acceptors (Lipinski definition) is 4. The summed E-state index contributed by atoms with van der Waals surface area (Å²) in [6.45, 7) is 6.74. The van der Waals surface area contributed by atoms with Crippen LogP contribution in [0.4, 0.5) is 5.69 Å². The molecule has 23 heavy (non-hydrogen) atoms. The van der Waals surface area contributed by atoms with Crippen molar-refractivity contribution in [1.29, 1.82) is 0 Å². The molecule has 5 nitrogen and oxygen atoms in total. The lowest BCUT2D eigenvalue weighted by molar-refractivity contribution is -0.143. The van der Waals surface area contributed by atoms with Gasteiger partial charge < -0.3 is 14.8 Å². The number of nitrogens with zero attached hydrogens (tertiary/aromatic N) is 1. The summed E-state index contributed by atoms with van der Waals surface area (Å²) in [6, 6.07) is 3.64. The van der Waals surface area contributed by atoms with Gasteiger partial charge in [0.1, 0.15) is 5.60 Å². The number of ether oxygens (including phenoxy) is 2. The van der Waals surface area contributed by atoms with Gasteiger partial charge in [0, 0.05) is 13.2 Å². The largest absolute Gasteiger partial charge is 0.478 e. The monoisotopic (exact) mass is 320 g/mol. The molecule has 2 atom stereocenters. The Morgan fingerprint density at radius 3 is 2.87 bits per heavy atom. The number of nitrogens with one attached hydrogen (secondary N) is 1. The summed E-state index contributed by atoms with van der Waals surface area (Å²) in [5, 5.41) is 2.99. The minimum Gasteiger partial charge on any atom is -0.478 e. The van der Waals surface area contributed by atoms with E-state index in [0.29, 0.717) is 24.1 Å². The summed E-state index contributed by atoms with van der Waals surface area (Å²) in [4.78, 5) is 17.2. The van der Waals surface area contributed by atoms with Crippen molar-refractivity contribution in [3.05, 3.63) is 17.8 Å². The van der Waals surface area contributed by atoms with E-state index in [1.54, 1.807) is 13.2 Å². The Bertz CT molecular complexity index is 547. The molecule has 1 aliphatic rings. The van der Waals surface area contributed by atoms with Crippen molar-refractivity contribution in [1.82, 2.24) is 4.98 Å². The van der Waals surface area contributed by atoms with Crippen LogP contribution in [0.2, 0.25) is 0 Å². The molecule has 0 aliphatic heterocycles. The highest BCUT2D eigenvalue weighted by atomic mass is 16.5. The standard InChI is InChI=1S/C18H28N2O3/c1-5-11-23-16-9-8-15(14(3)19-16)20-17(21)18(22-4)10-6-7-13(2)12-18/h8-9,13H,5-7,10-12H2,1-4H3,(H,20,21)/t13-,18-/m1/s1. The van der Waals surface area contributed by atoms with E-state index < -0.39 is 5.60 Å². The molecule has 0 bridgehead atoms. The molecule has 1 N–H and O–H groups in total. The SMILES string of the molecule is CCCOc1ccc(NC(=O)[C@@]2(OC)CCC[C@@H](C)C2)c(C)n1. The summed E-state index contributed by atoms with van der Waals surface area (Å²) in [5.41, 5.74) is 0.747. The van der Waals surface area contributed by atoms with E-state index >= 15 is 0 Å². The van der Waals surface area contributed by atoms with E-state index in [1.165, 1.54) is 0 Å². The van der Waals surface area contributed by atoms with Crippen molar-refractivity contribution >= 4 is 11.6 Å². The van der Waals surface area contributed by atoms with Gasteiger partial charge in [-0.25, -0.2) is 4.98 Å². The van der Waals surface area contributed by atoms with E-state index in [4.69, 9.17) is 9.47 Å². The average molecular weight is 320 g/mol. The number of methoxy groups -OCH3 is 1. The molecular weight excluding hydrogens is 292 g/mol. The summed E-state index contributed by atoms with van der Waals surface area (Å²) in [6.07, 6.45) is 4.64. The predicted octanol–water partition coefficient (Wildman–Crippen LogP) is 3.71. The topological polar surface area (TPSA) is 60.5 Å². The quantitative estimate of drug-likeness (QED) is 0.868. The molecule has 1 aromatic rings. The zero-order valence-electron chi connectivity index (χ0n) is 14.6. The van der Waals surface area contributed by atoms with Crippen LogP contribution in [0.5, 0.6) is 5.88 Å². The molecule has 1 aliphatic carbocycles. The van der Waals surface area contributed by atoms with Crippen LogP contribution in [0.25, 0.3) is 0 Å². The van der Waals surface area contributed by atoms with Crippen LogP contribution in [0.1, 0.15) is 51.6 Å². The maximum Gasteiger partial charge on any atom is 0.256 e. The molecule has 0 spiro atoms. The Balaban J connectivity index is 2.09. The summed E-state index contributed by atoms with van der Waals surface area (Å²) < 4.78 is 11.2. The first-order chi connectivity index (χ1) is 11.0. The van der Waals surface area contributed by atoms with E-state index in [9.17, 15) is 4.79 Å². The zero-order chi connectivity index (χ0) is 16.9. The second-order valence-electron chi connectivity index (χ2n) is 6.48. The number of carbonyl (C=O) groups is 1. The molecule has 0 unspecified atom stereocenters. The van der Waals surface area contributed by atoms with Gasteiger partial charge >= 0.3 is 0 Å². The van der Waals surface area contributed by atoms with Gasteiger partial charge in [-0.2, -0.15) is 0 Å². The number of aromatic nitrogens is 1. The molecule has 1 fully saturated rings. The van der Waals surface area contributed by atoms with Crippen molar-refractivity contribution in [2.24, 2.45) is 5.92 Å². The van der Waals surface area contributed by atoms with E-state index in [0.717, 1.165) is 37.8 Å². The smallest absolute Gasteiger partial charge is 0.256 e.